The van der Waals surface area contributed by atoms with E-state index in [9.17, 15) is 9.18 Å². The molecule has 9 nitrogen and oxygen atoms in total. The van der Waals surface area contributed by atoms with Gasteiger partial charge in [0.15, 0.2) is 11.5 Å². The van der Waals surface area contributed by atoms with Gasteiger partial charge in [0.1, 0.15) is 36.8 Å². The molecule has 0 bridgehead atoms. The van der Waals surface area contributed by atoms with E-state index in [1.54, 1.807) is 6.07 Å². The molecule has 2 aliphatic rings. The van der Waals surface area contributed by atoms with Gasteiger partial charge in [0.2, 0.25) is 0 Å². The smallest absolute Gasteiger partial charge is 0.320 e. The number of cyclic esters (lactones) is 1. The molecule has 1 N–H and O–H groups in total. The van der Waals surface area contributed by atoms with Crippen LogP contribution in [0.3, 0.4) is 0 Å². The number of benzene rings is 2. The van der Waals surface area contributed by atoms with Gasteiger partial charge in [-0.15, -0.1) is 0 Å². The summed E-state index contributed by atoms with van der Waals surface area (Å²) >= 11 is 5.95. The molecule has 0 aliphatic carbocycles. The summed E-state index contributed by atoms with van der Waals surface area (Å²) in [5.74, 6) is 0.877. The van der Waals surface area contributed by atoms with Crippen LogP contribution in [-0.2, 0) is 14.3 Å². The van der Waals surface area contributed by atoms with Crippen molar-refractivity contribution < 1.29 is 28.1 Å². The van der Waals surface area contributed by atoms with Gasteiger partial charge in [-0.1, -0.05) is 11.6 Å². The van der Waals surface area contributed by atoms with Crippen LogP contribution in [0.5, 0.6) is 11.5 Å². The zero-order chi connectivity index (χ0) is 25.8. The number of ether oxygens (including phenoxy) is 4. The lowest BCUT2D eigenvalue weighted by Gasteiger charge is -2.30. The van der Waals surface area contributed by atoms with Crippen LogP contribution in [0.25, 0.3) is 10.9 Å². The van der Waals surface area contributed by atoms with E-state index in [0.29, 0.717) is 60.2 Å². The summed E-state index contributed by atoms with van der Waals surface area (Å²) in [4.78, 5) is 22.6. The van der Waals surface area contributed by atoms with E-state index < -0.39 is 5.82 Å². The summed E-state index contributed by atoms with van der Waals surface area (Å²) in [5.41, 5.74) is 1.23. The first kappa shape index (κ1) is 25.4. The first-order valence-electron chi connectivity index (χ1n) is 12.2. The molecule has 3 aromatic rings. The number of hydrogen-bond acceptors (Lipinski definition) is 9. The van der Waals surface area contributed by atoms with Crippen molar-refractivity contribution in [3.05, 3.63) is 47.5 Å². The number of carbonyl (C=O) groups excluding carboxylic acids is 1. The first-order valence-corrected chi connectivity index (χ1v) is 12.6. The molecule has 2 aromatic carbocycles. The standard InChI is InChI=1S/C26H28ClFN4O5/c1-16-12-32(13-25(33)36-16)6-8-35-23-11-22-19(10-24(23)37-18-3-2-7-34-14-18)26(30-15-29-22)31-17-4-5-21(28)20(27)9-17/h4-5,9-11,15-16,18H,2-3,6-8,12-14H2,1H3,(H,29,30,31). The van der Waals surface area contributed by atoms with Gasteiger partial charge in [0.05, 0.1) is 23.7 Å². The fraction of sp³-hybridized carbons (Fsp3) is 0.423. The lowest BCUT2D eigenvalue weighted by Crippen LogP contribution is -2.45. The van der Waals surface area contributed by atoms with Crippen molar-refractivity contribution in [2.45, 2.75) is 32.0 Å². The highest BCUT2D eigenvalue weighted by Gasteiger charge is 2.24. The fourth-order valence-electron chi connectivity index (χ4n) is 4.43. The van der Waals surface area contributed by atoms with Crippen molar-refractivity contribution >= 4 is 40.0 Å². The number of nitrogens with one attached hydrogen (secondary N) is 1. The summed E-state index contributed by atoms with van der Waals surface area (Å²) in [6, 6.07) is 8.02. The van der Waals surface area contributed by atoms with Crippen LogP contribution >= 0.6 is 11.6 Å². The molecule has 3 heterocycles. The Bertz CT molecular complexity index is 1270. The molecule has 2 unspecified atom stereocenters. The van der Waals surface area contributed by atoms with Crippen LogP contribution in [0, 0.1) is 5.82 Å². The van der Waals surface area contributed by atoms with E-state index in [-0.39, 0.29) is 29.7 Å². The molecule has 2 atom stereocenters. The van der Waals surface area contributed by atoms with Crippen LogP contribution in [0.1, 0.15) is 19.8 Å². The Morgan fingerprint density at radius 3 is 2.92 bits per heavy atom. The Labute approximate surface area is 218 Å². The molecule has 11 heteroatoms. The third kappa shape index (κ3) is 6.38. The number of esters is 1. The number of aromatic nitrogens is 2. The van der Waals surface area contributed by atoms with E-state index in [1.165, 1.54) is 18.5 Å². The van der Waals surface area contributed by atoms with Crippen molar-refractivity contribution in [2.24, 2.45) is 0 Å². The highest BCUT2D eigenvalue weighted by atomic mass is 35.5. The lowest BCUT2D eigenvalue weighted by atomic mass is 10.1. The number of halogens is 2. The van der Waals surface area contributed by atoms with E-state index in [2.05, 4.69) is 15.3 Å². The van der Waals surface area contributed by atoms with Crippen molar-refractivity contribution in [1.82, 2.24) is 14.9 Å². The second-order valence-corrected chi connectivity index (χ2v) is 9.54. The average Bonchev–Trinajstić information content (AvgIpc) is 2.87. The molecule has 0 radical (unpaired) electrons. The van der Waals surface area contributed by atoms with E-state index in [0.717, 1.165) is 19.4 Å². The lowest BCUT2D eigenvalue weighted by molar-refractivity contribution is -0.157. The topological polar surface area (TPSA) is 95.0 Å². The number of anilines is 2. The van der Waals surface area contributed by atoms with Crippen LogP contribution in [-0.4, -0.2) is 72.5 Å². The van der Waals surface area contributed by atoms with Gasteiger partial charge in [-0.05, 0) is 44.0 Å². The van der Waals surface area contributed by atoms with Crippen LogP contribution in [0.2, 0.25) is 5.02 Å². The van der Waals surface area contributed by atoms with Gasteiger partial charge >= 0.3 is 5.97 Å². The largest absolute Gasteiger partial charge is 0.488 e. The van der Waals surface area contributed by atoms with E-state index >= 15 is 0 Å². The van der Waals surface area contributed by atoms with E-state index in [4.69, 9.17) is 30.5 Å². The zero-order valence-corrected chi connectivity index (χ0v) is 21.2. The maximum absolute atomic E-state index is 13.6. The number of fused-ring (bicyclic) bond motifs is 1. The molecule has 0 spiro atoms. The summed E-state index contributed by atoms with van der Waals surface area (Å²) < 4.78 is 36.9. The SMILES string of the molecule is CC1CN(CCOc2cc3ncnc(Nc4ccc(F)c(Cl)c4)c3cc2OC2CCCOC2)CC(=O)O1. The highest BCUT2D eigenvalue weighted by molar-refractivity contribution is 6.31. The molecule has 2 fully saturated rings. The Morgan fingerprint density at radius 2 is 2.14 bits per heavy atom. The number of nitrogens with zero attached hydrogens (tertiary/aromatic N) is 3. The highest BCUT2D eigenvalue weighted by Crippen LogP contribution is 2.36. The third-order valence-corrected chi connectivity index (χ3v) is 6.45. The summed E-state index contributed by atoms with van der Waals surface area (Å²) in [5, 5.41) is 3.90. The van der Waals surface area contributed by atoms with Crippen molar-refractivity contribution in [3.63, 3.8) is 0 Å². The molecule has 0 saturated carbocycles. The van der Waals surface area contributed by atoms with Crippen molar-refractivity contribution in [2.75, 3.05) is 44.8 Å². The van der Waals surface area contributed by atoms with Crippen LogP contribution in [0.4, 0.5) is 15.9 Å². The van der Waals surface area contributed by atoms with Gasteiger partial charge in [-0.3, -0.25) is 9.69 Å². The Hall–Kier alpha value is -3.21. The van der Waals surface area contributed by atoms with Gasteiger partial charge in [0.25, 0.3) is 0 Å². The summed E-state index contributed by atoms with van der Waals surface area (Å²) in [7, 11) is 0. The molecule has 2 aliphatic heterocycles. The number of rotatable bonds is 8. The average molecular weight is 531 g/mol. The molecule has 37 heavy (non-hydrogen) atoms. The quantitative estimate of drug-likeness (QED) is 0.426. The fourth-order valence-corrected chi connectivity index (χ4v) is 4.61. The van der Waals surface area contributed by atoms with Gasteiger partial charge in [-0.25, -0.2) is 14.4 Å². The van der Waals surface area contributed by atoms with Gasteiger partial charge < -0.3 is 24.3 Å². The second kappa shape index (κ2) is 11.5. The van der Waals surface area contributed by atoms with Gasteiger partial charge in [-0.2, -0.15) is 0 Å². The Morgan fingerprint density at radius 1 is 1.24 bits per heavy atom. The van der Waals surface area contributed by atoms with E-state index in [1.807, 2.05) is 24.0 Å². The monoisotopic (exact) mass is 530 g/mol. The molecular weight excluding hydrogens is 503 g/mol. The maximum atomic E-state index is 13.6. The van der Waals surface area contributed by atoms with Crippen LogP contribution < -0.4 is 14.8 Å². The zero-order valence-electron chi connectivity index (χ0n) is 20.4. The number of carbonyl (C=O) groups is 1. The first-order chi connectivity index (χ1) is 17.9. The second-order valence-electron chi connectivity index (χ2n) is 9.13. The minimum Gasteiger partial charge on any atom is -0.488 e. The molecule has 2 saturated heterocycles. The van der Waals surface area contributed by atoms with Gasteiger partial charge in [0, 0.05) is 36.8 Å². The minimum absolute atomic E-state index is 0.0109. The third-order valence-electron chi connectivity index (χ3n) is 6.16. The number of hydrogen-bond donors (Lipinski definition) is 1. The molecule has 196 valence electrons. The summed E-state index contributed by atoms with van der Waals surface area (Å²) in [6.07, 6.45) is 2.97. The Balaban J connectivity index is 1.40. The number of morpholine rings is 1. The molecule has 5 rings (SSSR count). The summed E-state index contributed by atoms with van der Waals surface area (Å²) in [6.45, 7) is 4.90. The normalized spacial score (nSPS) is 20.5. The maximum Gasteiger partial charge on any atom is 0.320 e. The molecular formula is C26H28ClFN4O5. The van der Waals surface area contributed by atoms with Crippen LogP contribution in [0.15, 0.2) is 36.7 Å². The predicted molar refractivity (Wildman–Crippen MR) is 136 cm³/mol. The Kier molecular flexibility index (Phi) is 7.87. The predicted octanol–water partition coefficient (Wildman–Crippen LogP) is 4.35. The van der Waals surface area contributed by atoms with Crippen molar-refractivity contribution in [3.8, 4) is 11.5 Å². The minimum atomic E-state index is -0.497. The van der Waals surface area contributed by atoms with Crippen molar-refractivity contribution in [1.29, 1.82) is 0 Å². The molecule has 0 amide bonds. The molecule has 1 aromatic heterocycles.